The Morgan fingerprint density at radius 1 is 1.16 bits per heavy atom. The maximum atomic E-state index is 8.67. The Hall–Kier alpha value is -0.710. The third-order valence-corrected chi connectivity index (χ3v) is 2.99. The van der Waals surface area contributed by atoms with Gasteiger partial charge in [0.1, 0.15) is 11.5 Å². The summed E-state index contributed by atoms with van der Waals surface area (Å²) in [5.74, 6) is 1.50. The summed E-state index contributed by atoms with van der Waals surface area (Å²) in [6.07, 6.45) is 0. The van der Waals surface area contributed by atoms with Gasteiger partial charge in [0.2, 0.25) is 0 Å². The molecule has 1 heterocycles. The van der Waals surface area contributed by atoms with Gasteiger partial charge in [0.25, 0.3) is 0 Å². The molecule has 1 aromatic heterocycles. The van der Waals surface area contributed by atoms with Gasteiger partial charge in [-0.1, -0.05) is 23.2 Å². The molecule has 0 aliphatic heterocycles. The lowest BCUT2D eigenvalue weighted by molar-refractivity contribution is -0.00000513. The molecular weight excluding hydrogens is 309 g/mol. The average molecular weight is 322 g/mol. The standard InChI is InChI=1S/C13H13Cl2NO2.ClH/c14-9-1-3-11(12(15)7-9)13-4-2-10(18-13)8-16-5-6-17;/h1-4,7,16-17H,5-6,8H2;1H/p-1. The molecule has 6 heteroatoms. The van der Waals surface area contributed by atoms with Gasteiger partial charge >= 0.3 is 0 Å². The number of aliphatic hydroxyl groups is 1. The van der Waals surface area contributed by atoms with Crippen molar-refractivity contribution in [3.63, 3.8) is 0 Å². The maximum absolute atomic E-state index is 8.67. The number of halogens is 3. The molecule has 0 saturated carbocycles. The number of benzene rings is 1. The van der Waals surface area contributed by atoms with Crippen molar-refractivity contribution < 1.29 is 21.9 Å². The van der Waals surface area contributed by atoms with E-state index in [1.54, 1.807) is 12.1 Å². The molecule has 1 aromatic carbocycles. The van der Waals surface area contributed by atoms with E-state index in [1.807, 2.05) is 18.2 Å². The molecule has 0 aliphatic rings. The number of aliphatic hydroxyl groups excluding tert-OH is 1. The molecule has 0 fully saturated rings. The van der Waals surface area contributed by atoms with E-state index < -0.39 is 0 Å². The van der Waals surface area contributed by atoms with E-state index >= 15 is 0 Å². The van der Waals surface area contributed by atoms with E-state index in [0.29, 0.717) is 28.9 Å². The SMILES string of the molecule is OCCNCc1ccc(-c2ccc(Cl)cc2Cl)o1.[Cl-]. The minimum atomic E-state index is 0. The number of hydrogen-bond acceptors (Lipinski definition) is 3. The van der Waals surface area contributed by atoms with Crippen molar-refractivity contribution in [3.05, 3.63) is 46.1 Å². The third-order valence-electron chi connectivity index (χ3n) is 2.45. The molecule has 104 valence electrons. The van der Waals surface area contributed by atoms with Gasteiger partial charge in [0, 0.05) is 17.1 Å². The summed E-state index contributed by atoms with van der Waals surface area (Å²) in [4.78, 5) is 0. The van der Waals surface area contributed by atoms with E-state index in [-0.39, 0.29) is 19.0 Å². The van der Waals surface area contributed by atoms with Gasteiger partial charge < -0.3 is 27.2 Å². The molecule has 19 heavy (non-hydrogen) atoms. The van der Waals surface area contributed by atoms with Gasteiger partial charge in [0.05, 0.1) is 18.2 Å². The second kappa shape index (κ2) is 7.78. The highest BCUT2D eigenvalue weighted by molar-refractivity contribution is 6.36. The van der Waals surface area contributed by atoms with Crippen molar-refractivity contribution in [2.45, 2.75) is 6.54 Å². The van der Waals surface area contributed by atoms with Gasteiger partial charge in [-0.3, -0.25) is 0 Å². The molecule has 0 atom stereocenters. The zero-order valence-corrected chi connectivity index (χ0v) is 12.3. The second-order valence-corrected chi connectivity index (χ2v) is 4.63. The van der Waals surface area contributed by atoms with E-state index in [4.69, 9.17) is 32.7 Å². The Bertz CT molecular complexity index is 528. The van der Waals surface area contributed by atoms with E-state index in [1.165, 1.54) is 0 Å². The summed E-state index contributed by atoms with van der Waals surface area (Å²) in [5, 5.41) is 12.9. The fourth-order valence-electron chi connectivity index (χ4n) is 1.60. The molecule has 0 amide bonds. The molecule has 2 rings (SSSR count). The Kier molecular flexibility index (Phi) is 6.69. The number of rotatable bonds is 5. The predicted octanol–water partition coefficient (Wildman–Crippen LogP) is 0.339. The van der Waals surface area contributed by atoms with Crippen molar-refractivity contribution in [1.82, 2.24) is 5.32 Å². The van der Waals surface area contributed by atoms with Crippen LogP contribution in [0.15, 0.2) is 34.7 Å². The summed E-state index contributed by atoms with van der Waals surface area (Å²) in [5.41, 5.74) is 0.814. The topological polar surface area (TPSA) is 45.4 Å². The lowest BCUT2D eigenvalue weighted by Gasteiger charge is -2.02. The molecule has 0 aliphatic carbocycles. The van der Waals surface area contributed by atoms with Crippen molar-refractivity contribution in [2.24, 2.45) is 0 Å². The van der Waals surface area contributed by atoms with Crippen LogP contribution in [-0.2, 0) is 6.54 Å². The van der Waals surface area contributed by atoms with Gasteiger partial charge in [-0.2, -0.15) is 0 Å². The van der Waals surface area contributed by atoms with Crippen LogP contribution in [-0.4, -0.2) is 18.3 Å². The van der Waals surface area contributed by atoms with E-state index in [0.717, 1.165) is 11.3 Å². The first-order chi connectivity index (χ1) is 8.70. The zero-order chi connectivity index (χ0) is 13.0. The van der Waals surface area contributed by atoms with Crippen LogP contribution in [0.2, 0.25) is 10.0 Å². The van der Waals surface area contributed by atoms with Crippen molar-refractivity contribution in [2.75, 3.05) is 13.2 Å². The van der Waals surface area contributed by atoms with Crippen LogP contribution in [0.1, 0.15) is 5.76 Å². The molecule has 0 radical (unpaired) electrons. The van der Waals surface area contributed by atoms with E-state index in [9.17, 15) is 0 Å². The number of nitrogens with one attached hydrogen (secondary N) is 1. The van der Waals surface area contributed by atoms with Crippen LogP contribution in [0.5, 0.6) is 0 Å². The Morgan fingerprint density at radius 2 is 1.95 bits per heavy atom. The molecule has 0 unspecified atom stereocenters. The number of furan rings is 1. The molecular formula is C13H13Cl3NO2-. The van der Waals surface area contributed by atoms with Gasteiger partial charge in [0.15, 0.2) is 0 Å². The zero-order valence-electron chi connectivity index (χ0n) is 10.00. The monoisotopic (exact) mass is 320 g/mol. The molecule has 0 saturated heterocycles. The highest BCUT2D eigenvalue weighted by atomic mass is 35.5. The normalized spacial score (nSPS) is 10.3. The predicted molar refractivity (Wildman–Crippen MR) is 73.0 cm³/mol. The third kappa shape index (κ3) is 4.41. The minimum absolute atomic E-state index is 0. The Balaban J connectivity index is 0.00000180. The first-order valence-electron chi connectivity index (χ1n) is 5.56. The summed E-state index contributed by atoms with van der Waals surface area (Å²) in [6.45, 7) is 1.22. The van der Waals surface area contributed by atoms with Crippen molar-refractivity contribution >= 4 is 23.2 Å². The van der Waals surface area contributed by atoms with Crippen LogP contribution < -0.4 is 17.7 Å². The molecule has 2 aromatic rings. The Morgan fingerprint density at radius 3 is 2.63 bits per heavy atom. The highest BCUT2D eigenvalue weighted by Gasteiger charge is 2.08. The second-order valence-electron chi connectivity index (χ2n) is 3.79. The summed E-state index contributed by atoms with van der Waals surface area (Å²) in [7, 11) is 0. The fourth-order valence-corrected chi connectivity index (χ4v) is 2.10. The Labute approximate surface area is 127 Å². The van der Waals surface area contributed by atoms with E-state index in [2.05, 4.69) is 5.32 Å². The van der Waals surface area contributed by atoms with Crippen LogP contribution in [0, 0.1) is 0 Å². The van der Waals surface area contributed by atoms with Crippen LogP contribution >= 0.6 is 23.2 Å². The molecule has 3 nitrogen and oxygen atoms in total. The van der Waals surface area contributed by atoms with Gasteiger partial charge in [-0.15, -0.1) is 0 Å². The van der Waals surface area contributed by atoms with Gasteiger partial charge in [-0.25, -0.2) is 0 Å². The van der Waals surface area contributed by atoms with Crippen LogP contribution in [0.25, 0.3) is 11.3 Å². The summed E-state index contributed by atoms with van der Waals surface area (Å²) < 4.78 is 5.67. The first-order valence-corrected chi connectivity index (χ1v) is 6.32. The lowest BCUT2D eigenvalue weighted by atomic mass is 10.2. The smallest absolute Gasteiger partial charge is 0.135 e. The summed E-state index contributed by atoms with van der Waals surface area (Å²) in [6, 6.07) is 9.03. The molecule has 0 bridgehead atoms. The highest BCUT2D eigenvalue weighted by Crippen LogP contribution is 2.31. The number of hydrogen-bond donors (Lipinski definition) is 2. The minimum Gasteiger partial charge on any atom is -1.00 e. The average Bonchev–Trinajstić information content (AvgIpc) is 2.78. The maximum Gasteiger partial charge on any atom is 0.135 e. The van der Waals surface area contributed by atoms with Crippen molar-refractivity contribution in [3.8, 4) is 11.3 Å². The quantitative estimate of drug-likeness (QED) is 0.781. The molecule has 0 spiro atoms. The lowest BCUT2D eigenvalue weighted by Crippen LogP contribution is -3.00. The summed E-state index contributed by atoms with van der Waals surface area (Å²) >= 11 is 12.0. The largest absolute Gasteiger partial charge is 1.00 e. The van der Waals surface area contributed by atoms with Crippen LogP contribution in [0.4, 0.5) is 0 Å². The van der Waals surface area contributed by atoms with Gasteiger partial charge in [-0.05, 0) is 30.3 Å². The molecule has 2 N–H and O–H groups in total. The first kappa shape index (κ1) is 16.3. The van der Waals surface area contributed by atoms with Crippen LogP contribution in [0.3, 0.4) is 0 Å². The van der Waals surface area contributed by atoms with Crippen molar-refractivity contribution in [1.29, 1.82) is 0 Å². The fraction of sp³-hybridized carbons (Fsp3) is 0.231.